The van der Waals surface area contributed by atoms with Gasteiger partial charge in [0.1, 0.15) is 5.75 Å². The SMILES string of the molecule is CCN(Cc1ccccc1)C(=O)c1cccc(CS(=O)(=O)CC(=O)Nc2ccc(C)cc2)c1. The summed E-state index contributed by atoms with van der Waals surface area (Å²) in [5, 5.41) is 2.61. The van der Waals surface area contributed by atoms with E-state index in [4.69, 9.17) is 0 Å². The Morgan fingerprint density at radius 3 is 2.21 bits per heavy atom. The van der Waals surface area contributed by atoms with Gasteiger partial charge in [-0.25, -0.2) is 8.42 Å². The van der Waals surface area contributed by atoms with E-state index >= 15 is 0 Å². The summed E-state index contributed by atoms with van der Waals surface area (Å²) >= 11 is 0. The fraction of sp³-hybridized carbons (Fsp3) is 0.231. The zero-order chi connectivity index (χ0) is 23.8. The molecule has 0 saturated heterocycles. The summed E-state index contributed by atoms with van der Waals surface area (Å²) in [6.07, 6.45) is 0. The number of nitrogens with one attached hydrogen (secondary N) is 1. The summed E-state index contributed by atoms with van der Waals surface area (Å²) in [6, 6.07) is 23.4. The molecule has 0 unspecified atom stereocenters. The standard InChI is InChI=1S/C26H28N2O4S/c1-3-28(17-21-8-5-4-6-9-21)26(30)23-11-7-10-22(16-23)18-33(31,32)19-25(29)27-24-14-12-20(2)13-15-24/h4-16H,3,17-19H2,1-2H3,(H,27,29). The average molecular weight is 465 g/mol. The molecule has 2 amide bonds. The third-order valence-corrected chi connectivity index (χ3v) is 6.61. The molecule has 0 radical (unpaired) electrons. The third kappa shape index (κ3) is 7.29. The lowest BCUT2D eigenvalue weighted by molar-refractivity contribution is -0.113. The van der Waals surface area contributed by atoms with Crippen LogP contribution in [0.5, 0.6) is 0 Å². The van der Waals surface area contributed by atoms with Crippen molar-refractivity contribution in [3.05, 3.63) is 101 Å². The molecule has 0 saturated carbocycles. The van der Waals surface area contributed by atoms with Gasteiger partial charge in [-0.05, 0) is 49.2 Å². The normalized spacial score (nSPS) is 11.1. The fourth-order valence-corrected chi connectivity index (χ4v) is 4.71. The highest BCUT2D eigenvalue weighted by atomic mass is 32.2. The predicted molar refractivity (Wildman–Crippen MR) is 131 cm³/mol. The zero-order valence-electron chi connectivity index (χ0n) is 18.8. The average Bonchev–Trinajstić information content (AvgIpc) is 2.78. The molecule has 3 rings (SSSR count). The quantitative estimate of drug-likeness (QED) is 0.514. The Morgan fingerprint density at radius 2 is 1.55 bits per heavy atom. The van der Waals surface area contributed by atoms with Gasteiger partial charge < -0.3 is 10.2 Å². The van der Waals surface area contributed by atoms with Crippen LogP contribution in [0, 0.1) is 6.92 Å². The van der Waals surface area contributed by atoms with Crippen molar-refractivity contribution in [3.8, 4) is 0 Å². The number of carbonyl (C=O) groups is 2. The van der Waals surface area contributed by atoms with Crippen molar-refractivity contribution >= 4 is 27.3 Å². The maximum Gasteiger partial charge on any atom is 0.254 e. The number of amides is 2. The van der Waals surface area contributed by atoms with E-state index in [0.717, 1.165) is 11.1 Å². The van der Waals surface area contributed by atoms with Crippen LogP contribution in [-0.2, 0) is 26.9 Å². The third-order valence-electron chi connectivity index (χ3n) is 5.13. The Balaban J connectivity index is 1.65. The van der Waals surface area contributed by atoms with Gasteiger partial charge >= 0.3 is 0 Å². The molecule has 0 aliphatic heterocycles. The van der Waals surface area contributed by atoms with E-state index in [0.29, 0.717) is 29.9 Å². The van der Waals surface area contributed by atoms with E-state index in [1.54, 1.807) is 41.3 Å². The molecular formula is C26H28N2O4S. The molecule has 1 N–H and O–H groups in total. The molecule has 0 aliphatic rings. The summed E-state index contributed by atoms with van der Waals surface area (Å²) in [7, 11) is -3.72. The zero-order valence-corrected chi connectivity index (χ0v) is 19.6. The molecule has 172 valence electrons. The minimum Gasteiger partial charge on any atom is -0.335 e. The second kappa shape index (κ2) is 10.9. The van der Waals surface area contributed by atoms with Gasteiger partial charge in [0.25, 0.3) is 5.91 Å². The van der Waals surface area contributed by atoms with Crippen LogP contribution in [0.2, 0.25) is 0 Å². The first-order valence-electron chi connectivity index (χ1n) is 10.7. The van der Waals surface area contributed by atoms with Crippen LogP contribution < -0.4 is 5.32 Å². The van der Waals surface area contributed by atoms with Crippen molar-refractivity contribution in [2.45, 2.75) is 26.1 Å². The maximum absolute atomic E-state index is 13.0. The van der Waals surface area contributed by atoms with E-state index in [1.165, 1.54) is 0 Å². The molecule has 7 heteroatoms. The Morgan fingerprint density at radius 1 is 0.879 bits per heavy atom. The fourth-order valence-electron chi connectivity index (χ4n) is 3.45. The lowest BCUT2D eigenvalue weighted by Gasteiger charge is -2.21. The number of hydrogen-bond acceptors (Lipinski definition) is 4. The highest BCUT2D eigenvalue weighted by Gasteiger charge is 2.20. The van der Waals surface area contributed by atoms with Crippen LogP contribution in [0.25, 0.3) is 0 Å². The van der Waals surface area contributed by atoms with Gasteiger partial charge in [0, 0.05) is 24.3 Å². The topological polar surface area (TPSA) is 83.6 Å². The number of benzene rings is 3. The number of aryl methyl sites for hydroxylation is 1. The Hall–Kier alpha value is -3.45. The second-order valence-corrected chi connectivity index (χ2v) is 10.0. The van der Waals surface area contributed by atoms with Crippen molar-refractivity contribution < 1.29 is 18.0 Å². The largest absolute Gasteiger partial charge is 0.335 e. The van der Waals surface area contributed by atoms with E-state index < -0.39 is 21.5 Å². The van der Waals surface area contributed by atoms with Crippen LogP contribution in [0.1, 0.15) is 34.0 Å². The van der Waals surface area contributed by atoms with Crippen LogP contribution in [0.4, 0.5) is 5.69 Å². The number of hydrogen-bond donors (Lipinski definition) is 1. The number of rotatable bonds is 9. The lowest BCUT2D eigenvalue weighted by atomic mass is 10.1. The summed E-state index contributed by atoms with van der Waals surface area (Å²) in [6.45, 7) is 4.82. The van der Waals surface area contributed by atoms with Crippen molar-refractivity contribution in [3.63, 3.8) is 0 Å². The molecule has 6 nitrogen and oxygen atoms in total. The molecule has 3 aromatic rings. The minimum absolute atomic E-state index is 0.169. The first-order valence-corrected chi connectivity index (χ1v) is 12.6. The first kappa shape index (κ1) is 24.2. The van der Waals surface area contributed by atoms with Crippen molar-refractivity contribution in [1.82, 2.24) is 4.90 Å². The van der Waals surface area contributed by atoms with Crippen molar-refractivity contribution in [2.24, 2.45) is 0 Å². The Kier molecular flexibility index (Phi) is 8.01. The summed E-state index contributed by atoms with van der Waals surface area (Å²) in [5.74, 6) is -1.71. The highest BCUT2D eigenvalue weighted by molar-refractivity contribution is 7.91. The molecule has 33 heavy (non-hydrogen) atoms. The second-order valence-electron chi connectivity index (χ2n) is 7.95. The van der Waals surface area contributed by atoms with Gasteiger partial charge in [0.15, 0.2) is 9.84 Å². The highest BCUT2D eigenvalue weighted by Crippen LogP contribution is 2.15. The van der Waals surface area contributed by atoms with Gasteiger partial charge in [-0.2, -0.15) is 0 Å². The van der Waals surface area contributed by atoms with Crippen LogP contribution in [-0.4, -0.2) is 37.4 Å². The van der Waals surface area contributed by atoms with E-state index in [-0.39, 0.29) is 11.7 Å². The van der Waals surface area contributed by atoms with Gasteiger partial charge in [0.05, 0.1) is 5.75 Å². The molecule has 3 aromatic carbocycles. The van der Waals surface area contributed by atoms with E-state index in [1.807, 2.05) is 56.3 Å². The van der Waals surface area contributed by atoms with Crippen LogP contribution in [0.3, 0.4) is 0 Å². The maximum atomic E-state index is 13.0. The van der Waals surface area contributed by atoms with E-state index in [9.17, 15) is 18.0 Å². The van der Waals surface area contributed by atoms with Gasteiger partial charge in [-0.3, -0.25) is 9.59 Å². The minimum atomic E-state index is -3.72. The smallest absolute Gasteiger partial charge is 0.254 e. The predicted octanol–water partition coefficient (Wildman–Crippen LogP) is 4.21. The van der Waals surface area contributed by atoms with Crippen molar-refractivity contribution in [2.75, 3.05) is 17.6 Å². The molecule has 0 bridgehead atoms. The monoisotopic (exact) mass is 464 g/mol. The summed E-state index contributed by atoms with van der Waals surface area (Å²) in [4.78, 5) is 27.0. The van der Waals surface area contributed by atoms with Crippen LogP contribution in [0.15, 0.2) is 78.9 Å². The summed E-state index contributed by atoms with van der Waals surface area (Å²) in [5.41, 5.74) is 3.50. The number of sulfone groups is 1. The molecular weight excluding hydrogens is 436 g/mol. The number of carbonyl (C=O) groups excluding carboxylic acids is 2. The molecule has 0 aliphatic carbocycles. The Labute approximate surface area is 195 Å². The summed E-state index contributed by atoms with van der Waals surface area (Å²) < 4.78 is 25.2. The molecule has 0 spiro atoms. The van der Waals surface area contributed by atoms with Crippen LogP contribution >= 0.6 is 0 Å². The molecule has 0 heterocycles. The van der Waals surface area contributed by atoms with Crippen molar-refractivity contribution in [1.29, 1.82) is 0 Å². The number of nitrogens with zero attached hydrogens (tertiary/aromatic N) is 1. The molecule has 0 fully saturated rings. The first-order chi connectivity index (χ1) is 15.8. The van der Waals surface area contributed by atoms with Gasteiger partial charge in [-0.15, -0.1) is 0 Å². The lowest BCUT2D eigenvalue weighted by Crippen LogP contribution is -2.30. The number of anilines is 1. The molecule has 0 atom stereocenters. The Bertz CT molecular complexity index is 1210. The van der Waals surface area contributed by atoms with Gasteiger partial charge in [0.2, 0.25) is 5.91 Å². The van der Waals surface area contributed by atoms with E-state index in [2.05, 4.69) is 5.32 Å². The van der Waals surface area contributed by atoms with Gasteiger partial charge in [-0.1, -0.05) is 60.2 Å². The molecule has 0 aromatic heterocycles.